The number of nitrogens with two attached hydrogens (primary N) is 1. The summed E-state index contributed by atoms with van der Waals surface area (Å²) in [4.78, 5) is 11.9. The van der Waals surface area contributed by atoms with E-state index < -0.39 is 0 Å². The molecule has 0 spiro atoms. The molecule has 1 amide bonds. The molecule has 0 saturated carbocycles. The Bertz CT molecular complexity index is 675. The lowest BCUT2D eigenvalue weighted by Gasteiger charge is -2.13. The molecule has 6 heteroatoms. The van der Waals surface area contributed by atoms with Gasteiger partial charge in [-0.05, 0) is 29.8 Å². The molecule has 1 atom stereocenters. The quantitative estimate of drug-likeness (QED) is 0.779. The van der Waals surface area contributed by atoms with Crippen LogP contribution in [0.1, 0.15) is 12.0 Å². The van der Waals surface area contributed by atoms with E-state index in [1.807, 2.05) is 12.1 Å². The van der Waals surface area contributed by atoms with E-state index in [0.717, 1.165) is 5.56 Å². The zero-order chi connectivity index (χ0) is 17.4. The van der Waals surface area contributed by atoms with Gasteiger partial charge in [-0.3, -0.25) is 4.79 Å². The number of hydrogen-bond donors (Lipinski definition) is 2. The van der Waals surface area contributed by atoms with Crippen molar-refractivity contribution in [1.82, 2.24) is 0 Å². The fourth-order valence-corrected chi connectivity index (χ4v) is 2.14. The Balaban J connectivity index is 1.92. The van der Waals surface area contributed by atoms with E-state index >= 15 is 0 Å². The summed E-state index contributed by atoms with van der Waals surface area (Å²) in [5.74, 6) is -0.0630. The van der Waals surface area contributed by atoms with Gasteiger partial charge in [-0.1, -0.05) is 18.2 Å². The monoisotopic (exact) mass is 332 g/mol. The van der Waals surface area contributed by atoms with Crippen molar-refractivity contribution in [3.63, 3.8) is 0 Å². The zero-order valence-electron chi connectivity index (χ0n) is 13.5. The van der Waals surface area contributed by atoms with Crippen molar-refractivity contribution in [2.24, 2.45) is 5.73 Å². The first-order chi connectivity index (χ1) is 11.6. The van der Waals surface area contributed by atoms with Gasteiger partial charge >= 0.3 is 0 Å². The third-order valence-corrected chi connectivity index (χ3v) is 3.42. The van der Waals surface area contributed by atoms with Crippen LogP contribution in [0.3, 0.4) is 0 Å². The standard InChI is InChI=1S/C18H21FN2O3/c1-23-17(11-20)10-18(22)21-15-6-2-4-13(8-15)12-24-16-7-3-5-14(19)9-16/h2-9,17H,10-12,20H2,1H3,(H,21,22). The molecule has 24 heavy (non-hydrogen) atoms. The lowest BCUT2D eigenvalue weighted by atomic mass is 10.2. The predicted octanol–water partition coefficient (Wildman–Crippen LogP) is 2.71. The summed E-state index contributed by atoms with van der Waals surface area (Å²) in [5.41, 5.74) is 7.03. The summed E-state index contributed by atoms with van der Waals surface area (Å²) in [6, 6.07) is 13.2. The molecule has 2 rings (SSSR count). The van der Waals surface area contributed by atoms with E-state index in [9.17, 15) is 9.18 Å². The Labute approximate surface area is 140 Å². The zero-order valence-corrected chi connectivity index (χ0v) is 13.5. The van der Waals surface area contributed by atoms with Crippen LogP contribution in [0.4, 0.5) is 10.1 Å². The van der Waals surface area contributed by atoms with E-state index in [1.54, 1.807) is 24.3 Å². The van der Waals surface area contributed by atoms with Crippen molar-refractivity contribution in [1.29, 1.82) is 0 Å². The number of amides is 1. The van der Waals surface area contributed by atoms with Gasteiger partial charge in [0.25, 0.3) is 0 Å². The van der Waals surface area contributed by atoms with E-state index in [1.165, 1.54) is 19.2 Å². The van der Waals surface area contributed by atoms with Gasteiger partial charge in [0.2, 0.25) is 5.91 Å². The Hall–Kier alpha value is -2.44. The summed E-state index contributed by atoms with van der Waals surface area (Å²) in [7, 11) is 1.52. The Morgan fingerprint density at radius 3 is 2.75 bits per heavy atom. The number of halogens is 1. The number of carbonyl (C=O) groups excluding carboxylic acids is 1. The molecule has 2 aromatic rings. The Morgan fingerprint density at radius 1 is 1.25 bits per heavy atom. The summed E-state index contributed by atoms with van der Waals surface area (Å²) >= 11 is 0. The molecule has 0 bridgehead atoms. The summed E-state index contributed by atoms with van der Waals surface area (Å²) in [6.07, 6.45) is -0.110. The number of rotatable bonds is 8. The molecule has 0 aliphatic carbocycles. The van der Waals surface area contributed by atoms with E-state index in [0.29, 0.717) is 11.4 Å². The first-order valence-corrected chi connectivity index (χ1v) is 7.60. The van der Waals surface area contributed by atoms with Crippen LogP contribution >= 0.6 is 0 Å². The van der Waals surface area contributed by atoms with Gasteiger partial charge in [-0.25, -0.2) is 4.39 Å². The molecule has 1 unspecified atom stereocenters. The maximum Gasteiger partial charge on any atom is 0.227 e. The van der Waals surface area contributed by atoms with Crippen molar-refractivity contribution >= 4 is 11.6 Å². The molecule has 0 aromatic heterocycles. The van der Waals surface area contributed by atoms with Crippen LogP contribution in [0.25, 0.3) is 0 Å². The molecule has 0 saturated heterocycles. The first-order valence-electron chi connectivity index (χ1n) is 7.60. The van der Waals surface area contributed by atoms with Crippen LogP contribution in [0.2, 0.25) is 0 Å². The minimum atomic E-state index is -0.346. The van der Waals surface area contributed by atoms with Crippen molar-refractivity contribution in [2.75, 3.05) is 19.0 Å². The van der Waals surface area contributed by atoms with Crippen LogP contribution in [0, 0.1) is 5.82 Å². The minimum Gasteiger partial charge on any atom is -0.489 e. The van der Waals surface area contributed by atoms with Crippen molar-refractivity contribution < 1.29 is 18.7 Å². The molecule has 128 valence electrons. The second kappa shape index (κ2) is 9.00. The highest BCUT2D eigenvalue weighted by molar-refractivity contribution is 5.91. The fourth-order valence-electron chi connectivity index (χ4n) is 2.14. The van der Waals surface area contributed by atoms with Crippen molar-refractivity contribution in [3.05, 3.63) is 59.9 Å². The second-order valence-electron chi connectivity index (χ2n) is 5.29. The van der Waals surface area contributed by atoms with Crippen LogP contribution in [-0.4, -0.2) is 25.7 Å². The number of anilines is 1. The topological polar surface area (TPSA) is 73.6 Å². The predicted molar refractivity (Wildman–Crippen MR) is 90.3 cm³/mol. The fraction of sp³-hybridized carbons (Fsp3) is 0.278. The van der Waals surface area contributed by atoms with Gasteiger partial charge in [0.15, 0.2) is 0 Å². The Morgan fingerprint density at radius 2 is 2.04 bits per heavy atom. The highest BCUT2D eigenvalue weighted by Gasteiger charge is 2.11. The SMILES string of the molecule is COC(CN)CC(=O)Nc1cccc(COc2cccc(F)c2)c1. The molecule has 2 aromatic carbocycles. The van der Waals surface area contributed by atoms with Crippen LogP contribution in [0.15, 0.2) is 48.5 Å². The average molecular weight is 332 g/mol. The number of carbonyl (C=O) groups is 1. The van der Waals surface area contributed by atoms with E-state index in [2.05, 4.69) is 5.32 Å². The normalized spacial score (nSPS) is 11.8. The summed E-state index contributed by atoms with van der Waals surface area (Å²) < 4.78 is 23.8. The summed E-state index contributed by atoms with van der Waals surface area (Å²) in [5, 5.41) is 2.80. The third-order valence-electron chi connectivity index (χ3n) is 3.42. The number of ether oxygens (including phenoxy) is 2. The average Bonchev–Trinajstić information content (AvgIpc) is 2.58. The lowest BCUT2D eigenvalue weighted by Crippen LogP contribution is -2.28. The van der Waals surface area contributed by atoms with Gasteiger partial charge in [0.05, 0.1) is 12.5 Å². The molecular formula is C18H21FN2O3. The molecule has 0 fully saturated rings. The van der Waals surface area contributed by atoms with Gasteiger partial charge in [0.1, 0.15) is 18.2 Å². The highest BCUT2D eigenvalue weighted by Crippen LogP contribution is 2.16. The number of nitrogens with one attached hydrogen (secondary N) is 1. The molecule has 0 aliphatic rings. The van der Waals surface area contributed by atoms with Crippen LogP contribution in [-0.2, 0) is 16.1 Å². The molecule has 0 heterocycles. The van der Waals surface area contributed by atoms with Gasteiger partial charge < -0.3 is 20.5 Å². The maximum atomic E-state index is 13.1. The van der Waals surface area contributed by atoms with Gasteiger partial charge in [-0.15, -0.1) is 0 Å². The van der Waals surface area contributed by atoms with E-state index in [-0.39, 0.29) is 37.4 Å². The largest absolute Gasteiger partial charge is 0.489 e. The molecule has 3 N–H and O–H groups in total. The van der Waals surface area contributed by atoms with Crippen LogP contribution < -0.4 is 15.8 Å². The first kappa shape index (κ1) is 17.9. The van der Waals surface area contributed by atoms with Crippen molar-refractivity contribution in [3.8, 4) is 5.75 Å². The van der Waals surface area contributed by atoms with E-state index in [4.69, 9.17) is 15.2 Å². The molecular weight excluding hydrogens is 311 g/mol. The third kappa shape index (κ3) is 5.64. The maximum absolute atomic E-state index is 13.1. The van der Waals surface area contributed by atoms with Gasteiger partial charge in [-0.2, -0.15) is 0 Å². The smallest absolute Gasteiger partial charge is 0.227 e. The van der Waals surface area contributed by atoms with Crippen molar-refractivity contribution in [2.45, 2.75) is 19.1 Å². The van der Waals surface area contributed by atoms with Crippen LogP contribution in [0.5, 0.6) is 5.75 Å². The Kier molecular flexibility index (Phi) is 6.72. The second-order valence-corrected chi connectivity index (χ2v) is 5.29. The number of benzene rings is 2. The van der Waals surface area contributed by atoms with Gasteiger partial charge in [0, 0.05) is 25.4 Å². The lowest BCUT2D eigenvalue weighted by molar-refractivity contribution is -0.118. The molecule has 0 radical (unpaired) electrons. The molecule has 5 nitrogen and oxygen atoms in total. The minimum absolute atomic E-state index is 0.171. The number of methoxy groups -OCH3 is 1. The molecule has 0 aliphatic heterocycles. The highest BCUT2D eigenvalue weighted by atomic mass is 19.1. The number of hydrogen-bond acceptors (Lipinski definition) is 4. The summed E-state index contributed by atoms with van der Waals surface area (Å²) in [6.45, 7) is 0.558.